The second-order valence-corrected chi connectivity index (χ2v) is 17.4. The molecule has 2 aromatic carbocycles. The maximum absolute atomic E-state index is 9.92. The van der Waals surface area contributed by atoms with E-state index in [2.05, 4.69) is 60.7 Å². The van der Waals surface area contributed by atoms with E-state index in [0.29, 0.717) is 13.0 Å². The molecule has 0 unspecified atom stereocenters. The number of hydrogen-bond acceptors (Lipinski definition) is 10. The molecule has 6 rings (SSSR count). The van der Waals surface area contributed by atoms with E-state index in [0.717, 1.165) is 90.5 Å². The third-order valence-corrected chi connectivity index (χ3v) is 12.4. The highest BCUT2D eigenvalue weighted by atomic mass is 32.2. The molecule has 296 valence electrons. The van der Waals surface area contributed by atoms with Crippen LogP contribution in [0, 0.1) is 31.6 Å². The van der Waals surface area contributed by atoms with Gasteiger partial charge in [0.2, 0.25) is 5.79 Å². The Hall–Kier alpha value is -3.70. The lowest BCUT2D eigenvalue weighted by atomic mass is 9.56. The minimum Gasteiger partial charge on any atom is -0.460 e. The number of aliphatic hydroxyl groups is 2. The minimum absolute atomic E-state index is 0.0158. The van der Waals surface area contributed by atoms with Crippen LogP contribution in [-0.2, 0) is 16.0 Å². The van der Waals surface area contributed by atoms with Gasteiger partial charge in [-0.1, -0.05) is 36.2 Å². The van der Waals surface area contributed by atoms with Crippen LogP contribution < -0.4 is 9.47 Å². The number of allylic oxidation sites excluding steroid dienone is 1. The van der Waals surface area contributed by atoms with Crippen molar-refractivity contribution in [1.82, 2.24) is 9.97 Å². The van der Waals surface area contributed by atoms with Crippen molar-refractivity contribution in [3.05, 3.63) is 102 Å². The maximum Gasteiger partial charge on any atom is 0.230 e. The molecule has 0 bridgehead atoms. The van der Waals surface area contributed by atoms with Gasteiger partial charge < -0.3 is 29.3 Å². The highest BCUT2D eigenvalue weighted by Crippen LogP contribution is 2.62. The van der Waals surface area contributed by atoms with E-state index >= 15 is 0 Å². The molecule has 9 nitrogen and oxygen atoms in total. The molecule has 1 aliphatic heterocycles. The van der Waals surface area contributed by atoms with E-state index in [-0.39, 0.29) is 42.1 Å². The van der Waals surface area contributed by atoms with Gasteiger partial charge in [-0.2, -0.15) is 11.8 Å². The van der Waals surface area contributed by atoms with Gasteiger partial charge in [-0.15, -0.1) is 6.58 Å². The van der Waals surface area contributed by atoms with Crippen molar-refractivity contribution in [2.75, 3.05) is 25.6 Å². The Bertz CT molecular complexity index is 1810. The molecule has 1 fully saturated rings. The fourth-order valence-electron chi connectivity index (χ4n) is 8.41. The molecule has 3 aromatic rings. The average Bonchev–Trinajstić information content (AvgIpc) is 3.16. The molecule has 10 heteroatoms. The van der Waals surface area contributed by atoms with Gasteiger partial charge in [0.15, 0.2) is 0 Å². The van der Waals surface area contributed by atoms with Crippen LogP contribution in [0.4, 0.5) is 0 Å². The number of hydrogen-bond donors (Lipinski definition) is 2. The highest BCUT2D eigenvalue weighted by Gasteiger charge is 2.64. The van der Waals surface area contributed by atoms with Crippen molar-refractivity contribution in [3.8, 4) is 17.2 Å². The van der Waals surface area contributed by atoms with Gasteiger partial charge in [-0.3, -0.25) is 9.97 Å². The lowest BCUT2D eigenvalue weighted by Gasteiger charge is -2.58. The Morgan fingerprint density at radius 1 is 1.00 bits per heavy atom. The average molecular weight is 770 g/mol. The van der Waals surface area contributed by atoms with E-state index < -0.39 is 11.4 Å². The summed E-state index contributed by atoms with van der Waals surface area (Å²) in [7, 11) is 0. The summed E-state index contributed by atoms with van der Waals surface area (Å²) in [5, 5.41) is 24.5. The number of fused-ring (bicyclic) bond motifs is 2. The van der Waals surface area contributed by atoms with E-state index in [1.165, 1.54) is 11.1 Å². The topological polar surface area (TPSA) is 116 Å². The second-order valence-electron chi connectivity index (χ2n) is 16.1. The van der Waals surface area contributed by atoms with Gasteiger partial charge in [0.25, 0.3) is 0 Å². The second kappa shape index (κ2) is 18.5. The number of oxime groups is 1. The van der Waals surface area contributed by atoms with Gasteiger partial charge in [-0.05, 0) is 125 Å². The Morgan fingerprint density at radius 2 is 1.76 bits per heavy atom. The zero-order valence-corrected chi connectivity index (χ0v) is 34.0. The van der Waals surface area contributed by atoms with Crippen molar-refractivity contribution in [2.45, 2.75) is 109 Å². The zero-order chi connectivity index (χ0) is 39.0. The van der Waals surface area contributed by atoms with Crippen molar-refractivity contribution in [2.24, 2.45) is 22.9 Å². The normalized spacial score (nSPS) is 25.0. The van der Waals surface area contributed by atoms with Crippen LogP contribution in [0.3, 0.4) is 0 Å². The molecule has 2 heterocycles. The molecule has 1 aromatic heterocycles. The third kappa shape index (κ3) is 9.65. The van der Waals surface area contributed by atoms with Gasteiger partial charge in [-0.25, -0.2) is 0 Å². The fraction of sp³-hybridized carbons (Fsp3) is 0.533. The first kappa shape index (κ1) is 40.9. The lowest BCUT2D eigenvalue weighted by Crippen LogP contribution is -2.64. The molecule has 0 radical (unpaired) electrons. The number of aromatic nitrogens is 2. The third-order valence-electron chi connectivity index (χ3n) is 11.1. The number of ether oxygens (including phenoxy) is 3. The summed E-state index contributed by atoms with van der Waals surface area (Å²) in [6.45, 7) is 15.0. The lowest BCUT2D eigenvalue weighted by molar-refractivity contribution is -0.223. The zero-order valence-electron chi connectivity index (χ0n) is 33.2. The van der Waals surface area contributed by atoms with E-state index in [4.69, 9.17) is 24.2 Å². The van der Waals surface area contributed by atoms with E-state index in [1.54, 1.807) is 18.5 Å². The summed E-state index contributed by atoms with van der Waals surface area (Å²) in [6, 6.07) is 12.4. The fourth-order valence-corrected chi connectivity index (χ4v) is 9.79. The summed E-state index contributed by atoms with van der Waals surface area (Å²) in [5.41, 5.74) is 5.99. The molecule has 55 heavy (non-hydrogen) atoms. The Morgan fingerprint density at radius 3 is 2.47 bits per heavy atom. The number of aliphatic hydroxyl groups excluding tert-OH is 2. The summed E-state index contributed by atoms with van der Waals surface area (Å²) >= 11 is 1.82. The summed E-state index contributed by atoms with van der Waals surface area (Å²) in [6.07, 6.45) is 16.0. The number of thioether (sulfide) groups is 1. The Kier molecular flexibility index (Phi) is 13.8. The smallest absolute Gasteiger partial charge is 0.230 e. The summed E-state index contributed by atoms with van der Waals surface area (Å²) in [4.78, 5) is 15.1. The van der Waals surface area contributed by atoms with Gasteiger partial charge in [0.1, 0.15) is 22.8 Å². The molecule has 2 N–H and O–H groups in total. The molecular formula is C45H59N3O6S. The molecule has 6 atom stereocenters. The van der Waals surface area contributed by atoms with Crippen LogP contribution in [0.15, 0.2) is 84.4 Å². The minimum atomic E-state index is -1.03. The van der Waals surface area contributed by atoms with Gasteiger partial charge >= 0.3 is 0 Å². The summed E-state index contributed by atoms with van der Waals surface area (Å²) < 4.78 is 21.0. The maximum atomic E-state index is 9.92. The van der Waals surface area contributed by atoms with Crippen molar-refractivity contribution in [3.63, 3.8) is 0 Å². The van der Waals surface area contributed by atoms with Crippen molar-refractivity contribution in [1.29, 1.82) is 0 Å². The monoisotopic (exact) mass is 769 g/mol. The summed E-state index contributed by atoms with van der Waals surface area (Å²) in [5.74, 6) is 2.28. The SMILES string of the molecule is C=CCO[C@@]12Oc3ccc(Oc4ccc(C)c(C)c4)cc3[C@H]3[C@H](CCCCO)[C@@H](CCCCO)C=C(C(=NOC(C)(C)C)C[C@@H]1SCCc1cnccn1)[C@H]32. The first-order valence-electron chi connectivity index (χ1n) is 19.9. The molecule has 0 spiro atoms. The van der Waals surface area contributed by atoms with Crippen LogP contribution in [-0.4, -0.2) is 68.1 Å². The van der Waals surface area contributed by atoms with Gasteiger partial charge in [0, 0.05) is 56.1 Å². The first-order chi connectivity index (χ1) is 26.6. The van der Waals surface area contributed by atoms with Crippen LogP contribution in [0.5, 0.6) is 17.2 Å². The molecule has 0 amide bonds. The number of nitrogens with zero attached hydrogens (tertiary/aromatic N) is 3. The van der Waals surface area contributed by atoms with E-state index in [1.807, 2.05) is 50.9 Å². The van der Waals surface area contributed by atoms with Crippen molar-refractivity contribution < 1.29 is 29.3 Å². The molecule has 1 saturated carbocycles. The number of benzene rings is 2. The van der Waals surface area contributed by atoms with Crippen LogP contribution in [0.1, 0.15) is 94.0 Å². The highest BCUT2D eigenvalue weighted by molar-refractivity contribution is 8.00. The molecular weight excluding hydrogens is 711 g/mol. The molecule has 2 aliphatic carbocycles. The first-order valence-corrected chi connectivity index (χ1v) is 21.0. The number of rotatable bonds is 18. The van der Waals surface area contributed by atoms with Crippen LogP contribution >= 0.6 is 11.8 Å². The van der Waals surface area contributed by atoms with E-state index in [9.17, 15) is 10.2 Å². The Labute approximate surface area is 331 Å². The van der Waals surface area contributed by atoms with Crippen LogP contribution in [0.25, 0.3) is 0 Å². The quantitative estimate of drug-likeness (QED) is 0.0742. The van der Waals surface area contributed by atoms with Gasteiger partial charge in [0.05, 0.1) is 29.2 Å². The Balaban J connectivity index is 1.52. The molecule has 3 aliphatic rings. The number of aryl methyl sites for hydroxylation is 3. The largest absolute Gasteiger partial charge is 0.460 e. The predicted molar refractivity (Wildman–Crippen MR) is 220 cm³/mol. The van der Waals surface area contributed by atoms with Crippen LogP contribution in [0.2, 0.25) is 0 Å². The predicted octanol–water partition coefficient (Wildman–Crippen LogP) is 9.29. The standard InChI is InChI=1S/C45H59N3O6S/c1-7-23-51-45-41(55-24-18-33-29-46-19-20-47-33)28-39(48-54-44(4,5)6)37-26-32(12-8-10-21-49)36(13-9-11-22-50)42(43(37)45)38-27-35(16-17-40(38)53-45)52-34-15-14-30(2)31(3)25-34/h7,14-17,19-20,25-27,29,32,36,41-43,49-50H,1,8-13,18,21-24,28H2,2-6H3/t32-,36+,41-,42+,43+,45+/m0/s1. The molecule has 0 saturated heterocycles. The number of unbranched alkanes of at least 4 members (excludes halogenated alkanes) is 2. The van der Waals surface area contributed by atoms with Crippen molar-refractivity contribution >= 4 is 17.5 Å².